The maximum absolute atomic E-state index is 12.4. The van der Waals surface area contributed by atoms with Crippen LogP contribution in [0.15, 0.2) is 18.2 Å². The number of hydrogen-bond donors (Lipinski definition) is 2. The summed E-state index contributed by atoms with van der Waals surface area (Å²) in [5.41, 5.74) is 2.72. The molecule has 0 saturated heterocycles. The molecule has 1 amide bonds. The van der Waals surface area contributed by atoms with Gasteiger partial charge in [0.15, 0.2) is 6.54 Å². The predicted molar refractivity (Wildman–Crippen MR) is 103 cm³/mol. The number of nitrogens with one attached hydrogen (secondary N) is 2. The van der Waals surface area contributed by atoms with Crippen LogP contribution in [0.5, 0.6) is 5.75 Å². The number of benzene rings is 1. The summed E-state index contributed by atoms with van der Waals surface area (Å²) in [5, 5.41) is 13.7. The van der Waals surface area contributed by atoms with Gasteiger partial charge in [0, 0.05) is 15.5 Å². The first-order valence-corrected chi connectivity index (χ1v) is 9.69. The predicted octanol–water partition coefficient (Wildman–Crippen LogP) is 2.42. The standard InChI is InChI=1S/C19H20ClN3O2S/c1-23(10-12-8-13(20)6-7-16(12)25-2)11-18(24)22-19-15(9-21)14-4-3-5-17(14)26-19/h6-8H,3-5,10-11H2,1-2H3,(H,22,24)/p+1. The molecule has 0 aliphatic heterocycles. The Labute approximate surface area is 162 Å². The topological polar surface area (TPSA) is 66.6 Å². The second kappa shape index (κ2) is 8.09. The summed E-state index contributed by atoms with van der Waals surface area (Å²) in [6.07, 6.45) is 3.03. The smallest absolute Gasteiger partial charge is 0.280 e. The van der Waals surface area contributed by atoms with E-state index >= 15 is 0 Å². The van der Waals surface area contributed by atoms with Crippen LogP contribution in [0.3, 0.4) is 0 Å². The monoisotopic (exact) mass is 390 g/mol. The van der Waals surface area contributed by atoms with Gasteiger partial charge in [0.2, 0.25) is 0 Å². The van der Waals surface area contributed by atoms with Crippen molar-refractivity contribution in [2.45, 2.75) is 25.8 Å². The largest absolute Gasteiger partial charge is 0.496 e. The number of nitrogens with zero attached hydrogens (tertiary/aromatic N) is 1. The molecule has 5 nitrogen and oxygen atoms in total. The molecule has 1 heterocycles. The Hall–Kier alpha value is -2.07. The molecule has 2 aromatic rings. The van der Waals surface area contributed by atoms with Crippen molar-refractivity contribution in [2.75, 3.05) is 26.0 Å². The lowest BCUT2D eigenvalue weighted by Gasteiger charge is -2.16. The minimum Gasteiger partial charge on any atom is -0.496 e. The van der Waals surface area contributed by atoms with E-state index in [0.29, 0.717) is 28.7 Å². The number of rotatable bonds is 6. The van der Waals surface area contributed by atoms with Crippen LogP contribution in [0.25, 0.3) is 0 Å². The second-order valence-corrected chi connectivity index (χ2v) is 8.03. The second-order valence-electron chi connectivity index (χ2n) is 6.49. The number of methoxy groups -OCH3 is 1. The minimum absolute atomic E-state index is 0.0973. The number of amides is 1. The molecule has 0 fully saturated rings. The van der Waals surface area contributed by atoms with Crippen molar-refractivity contribution in [3.63, 3.8) is 0 Å². The quantitative estimate of drug-likeness (QED) is 0.796. The van der Waals surface area contributed by atoms with E-state index in [1.54, 1.807) is 13.2 Å². The van der Waals surface area contributed by atoms with Gasteiger partial charge in [0.25, 0.3) is 5.91 Å². The number of nitriles is 1. The Bertz CT molecular complexity index is 872. The fourth-order valence-corrected chi connectivity index (χ4v) is 4.78. The van der Waals surface area contributed by atoms with Crippen molar-refractivity contribution in [2.24, 2.45) is 0 Å². The number of quaternary nitrogens is 1. The maximum Gasteiger partial charge on any atom is 0.280 e. The summed E-state index contributed by atoms with van der Waals surface area (Å²) in [7, 11) is 3.56. The number of aryl methyl sites for hydroxylation is 1. The summed E-state index contributed by atoms with van der Waals surface area (Å²) in [5.74, 6) is 0.663. The van der Waals surface area contributed by atoms with Gasteiger partial charge >= 0.3 is 0 Å². The highest BCUT2D eigenvalue weighted by Gasteiger charge is 2.24. The molecule has 1 atom stereocenters. The van der Waals surface area contributed by atoms with Crippen LogP contribution in [0.4, 0.5) is 5.00 Å². The van der Waals surface area contributed by atoms with E-state index in [1.807, 2.05) is 19.2 Å². The number of halogens is 1. The Morgan fingerprint density at radius 3 is 3.00 bits per heavy atom. The first-order valence-electron chi connectivity index (χ1n) is 8.50. The lowest BCUT2D eigenvalue weighted by Crippen LogP contribution is -3.08. The number of fused-ring (bicyclic) bond motifs is 1. The summed E-state index contributed by atoms with van der Waals surface area (Å²) < 4.78 is 5.36. The van der Waals surface area contributed by atoms with E-state index < -0.39 is 0 Å². The van der Waals surface area contributed by atoms with E-state index in [2.05, 4.69) is 11.4 Å². The molecule has 0 saturated carbocycles. The molecule has 1 aliphatic rings. The van der Waals surface area contributed by atoms with Gasteiger partial charge in [-0.05, 0) is 43.0 Å². The van der Waals surface area contributed by atoms with Crippen molar-refractivity contribution in [3.8, 4) is 11.8 Å². The van der Waals surface area contributed by atoms with Gasteiger partial charge in [-0.3, -0.25) is 4.79 Å². The highest BCUT2D eigenvalue weighted by atomic mass is 35.5. The van der Waals surface area contributed by atoms with E-state index in [1.165, 1.54) is 16.2 Å². The summed E-state index contributed by atoms with van der Waals surface area (Å²) in [6.45, 7) is 0.909. The third kappa shape index (κ3) is 4.01. The number of thiophene rings is 1. The summed E-state index contributed by atoms with van der Waals surface area (Å²) in [4.78, 5) is 14.7. The number of hydrogen-bond acceptors (Lipinski definition) is 4. The molecule has 3 rings (SSSR count). The van der Waals surface area contributed by atoms with Gasteiger partial charge in [-0.15, -0.1) is 11.3 Å². The third-order valence-corrected chi connectivity index (χ3v) is 5.93. The Kier molecular flexibility index (Phi) is 5.82. The van der Waals surface area contributed by atoms with Gasteiger partial charge < -0.3 is 15.0 Å². The lowest BCUT2D eigenvalue weighted by molar-refractivity contribution is -0.885. The Balaban J connectivity index is 1.64. The normalized spacial score (nSPS) is 13.8. The average Bonchev–Trinajstić information content (AvgIpc) is 3.15. The van der Waals surface area contributed by atoms with Crippen molar-refractivity contribution in [3.05, 3.63) is 44.8 Å². The molecular weight excluding hydrogens is 370 g/mol. The summed E-state index contributed by atoms with van der Waals surface area (Å²) >= 11 is 7.61. The van der Waals surface area contributed by atoms with Crippen molar-refractivity contribution < 1.29 is 14.4 Å². The fraction of sp³-hybridized carbons (Fsp3) is 0.368. The molecule has 1 aromatic heterocycles. The van der Waals surface area contributed by atoms with Gasteiger partial charge in [-0.2, -0.15) is 5.26 Å². The van der Waals surface area contributed by atoms with Crippen molar-refractivity contribution in [1.29, 1.82) is 5.26 Å². The molecule has 26 heavy (non-hydrogen) atoms. The van der Waals surface area contributed by atoms with Crippen LogP contribution in [0.2, 0.25) is 5.02 Å². The molecule has 1 unspecified atom stereocenters. The highest BCUT2D eigenvalue weighted by molar-refractivity contribution is 7.16. The van der Waals surface area contributed by atoms with E-state index in [0.717, 1.165) is 41.0 Å². The molecule has 136 valence electrons. The number of ether oxygens (including phenoxy) is 1. The van der Waals surface area contributed by atoms with Crippen LogP contribution in [-0.4, -0.2) is 26.6 Å². The molecule has 0 bridgehead atoms. The van der Waals surface area contributed by atoms with Gasteiger partial charge in [-0.1, -0.05) is 11.6 Å². The molecule has 0 spiro atoms. The fourth-order valence-electron chi connectivity index (χ4n) is 3.33. The highest BCUT2D eigenvalue weighted by Crippen LogP contribution is 2.38. The van der Waals surface area contributed by atoms with Gasteiger partial charge in [-0.25, -0.2) is 0 Å². The zero-order chi connectivity index (χ0) is 18.7. The Morgan fingerprint density at radius 1 is 1.46 bits per heavy atom. The first-order chi connectivity index (χ1) is 12.5. The van der Waals surface area contributed by atoms with E-state index in [-0.39, 0.29) is 5.91 Å². The average molecular weight is 391 g/mol. The summed E-state index contributed by atoms with van der Waals surface area (Å²) in [6, 6.07) is 7.73. The van der Waals surface area contributed by atoms with Crippen LogP contribution in [0.1, 0.15) is 28.0 Å². The minimum atomic E-state index is -0.0973. The molecule has 7 heteroatoms. The lowest BCUT2D eigenvalue weighted by atomic mass is 10.1. The SMILES string of the molecule is COc1ccc(Cl)cc1C[NH+](C)CC(=O)Nc1sc2c(c1C#N)CCC2. The zero-order valence-electron chi connectivity index (χ0n) is 14.8. The zero-order valence-corrected chi connectivity index (χ0v) is 16.4. The third-order valence-electron chi connectivity index (χ3n) is 4.48. The van der Waals surface area contributed by atoms with Gasteiger partial charge in [0.05, 0.1) is 19.7 Å². The number of carbonyl (C=O) groups is 1. The first kappa shape index (κ1) is 18.7. The number of anilines is 1. The van der Waals surface area contributed by atoms with Crippen LogP contribution in [-0.2, 0) is 24.2 Å². The van der Waals surface area contributed by atoms with Crippen molar-refractivity contribution in [1.82, 2.24) is 0 Å². The molecule has 0 radical (unpaired) electrons. The van der Waals surface area contributed by atoms with Crippen LogP contribution < -0.4 is 15.0 Å². The maximum atomic E-state index is 12.4. The van der Waals surface area contributed by atoms with Crippen LogP contribution >= 0.6 is 22.9 Å². The number of carbonyl (C=O) groups excluding carboxylic acids is 1. The van der Waals surface area contributed by atoms with Crippen LogP contribution in [0, 0.1) is 11.3 Å². The van der Waals surface area contributed by atoms with E-state index in [9.17, 15) is 10.1 Å². The van der Waals surface area contributed by atoms with E-state index in [4.69, 9.17) is 16.3 Å². The molecule has 1 aromatic carbocycles. The Morgan fingerprint density at radius 2 is 2.27 bits per heavy atom. The van der Waals surface area contributed by atoms with Crippen molar-refractivity contribution >= 4 is 33.8 Å². The van der Waals surface area contributed by atoms with Gasteiger partial charge in [0.1, 0.15) is 23.4 Å². The number of likely N-dealkylation sites (N-methyl/N-ethyl adjacent to an activating group) is 1. The molecular formula is C19H21ClN3O2S+. The molecule has 2 N–H and O–H groups in total. The molecule has 1 aliphatic carbocycles.